The summed E-state index contributed by atoms with van der Waals surface area (Å²) in [4.78, 5) is 0. The summed E-state index contributed by atoms with van der Waals surface area (Å²) in [6.45, 7) is 6.51. The van der Waals surface area contributed by atoms with Crippen LogP contribution in [0.2, 0.25) is 0 Å². The van der Waals surface area contributed by atoms with E-state index < -0.39 is 0 Å². The monoisotopic (exact) mass is 168 g/mol. The molecule has 2 bridgehead atoms. The summed E-state index contributed by atoms with van der Waals surface area (Å²) in [5.74, 6) is 1.79. The van der Waals surface area contributed by atoms with Crippen LogP contribution in [0.15, 0.2) is 0 Å². The Morgan fingerprint density at radius 1 is 0.917 bits per heavy atom. The summed E-state index contributed by atoms with van der Waals surface area (Å²) in [6, 6.07) is 0. The first-order valence-electron chi connectivity index (χ1n) is 5.24. The lowest BCUT2D eigenvalue weighted by atomic mass is 10.0. The van der Waals surface area contributed by atoms with Gasteiger partial charge in [-0.3, -0.25) is 0 Å². The quantitative estimate of drug-likeness (QED) is 0.585. The molecule has 0 heterocycles. The molecule has 70 valence electrons. The molecule has 2 aliphatic rings. The zero-order chi connectivity index (χ0) is 8.77. The molecule has 1 nitrogen and oxygen atoms in total. The van der Waals surface area contributed by atoms with Crippen LogP contribution in [0.5, 0.6) is 0 Å². The molecule has 12 heavy (non-hydrogen) atoms. The zero-order valence-electron chi connectivity index (χ0n) is 8.47. The van der Waals surface area contributed by atoms with Crippen molar-refractivity contribution in [2.24, 2.45) is 11.8 Å². The molecule has 0 aromatic heterocycles. The van der Waals surface area contributed by atoms with Crippen molar-refractivity contribution < 1.29 is 4.74 Å². The molecule has 0 atom stereocenters. The van der Waals surface area contributed by atoms with Crippen molar-refractivity contribution in [3.8, 4) is 0 Å². The predicted molar refractivity (Wildman–Crippen MR) is 50.1 cm³/mol. The van der Waals surface area contributed by atoms with Crippen LogP contribution < -0.4 is 0 Å². The molecule has 0 aromatic carbocycles. The average Bonchev–Trinajstić information content (AvgIpc) is 2.46. The lowest BCUT2D eigenvalue weighted by molar-refractivity contribution is -0.0790. The Hall–Kier alpha value is -0.0400. The molecule has 0 radical (unpaired) electrons. The third kappa shape index (κ3) is 1.52. The molecule has 2 rings (SSSR count). The van der Waals surface area contributed by atoms with E-state index in [4.69, 9.17) is 4.74 Å². The Bertz CT molecular complexity index is 148. The van der Waals surface area contributed by atoms with Crippen LogP contribution in [0, 0.1) is 11.8 Å². The lowest BCUT2D eigenvalue weighted by Gasteiger charge is -2.27. The second kappa shape index (κ2) is 2.73. The Labute approximate surface area is 75.5 Å². The zero-order valence-corrected chi connectivity index (χ0v) is 8.47. The van der Waals surface area contributed by atoms with Crippen molar-refractivity contribution in [2.45, 2.75) is 58.2 Å². The van der Waals surface area contributed by atoms with E-state index >= 15 is 0 Å². The van der Waals surface area contributed by atoms with E-state index in [0.717, 1.165) is 11.8 Å². The first-order valence-corrected chi connectivity index (χ1v) is 5.24. The maximum atomic E-state index is 6.09. The minimum absolute atomic E-state index is 0.0653. The summed E-state index contributed by atoms with van der Waals surface area (Å²) >= 11 is 0. The van der Waals surface area contributed by atoms with Crippen LogP contribution in [0.1, 0.15) is 46.5 Å². The van der Waals surface area contributed by atoms with E-state index in [-0.39, 0.29) is 5.60 Å². The highest BCUT2D eigenvalue weighted by Crippen LogP contribution is 2.47. The van der Waals surface area contributed by atoms with Gasteiger partial charge in [-0.15, -0.1) is 0 Å². The predicted octanol–water partition coefficient (Wildman–Crippen LogP) is 2.99. The lowest BCUT2D eigenvalue weighted by Crippen LogP contribution is -2.30. The molecule has 0 unspecified atom stereocenters. The fourth-order valence-electron chi connectivity index (χ4n) is 2.79. The van der Waals surface area contributed by atoms with Gasteiger partial charge in [0.15, 0.2) is 0 Å². The standard InChI is InChI=1S/C11H20O/c1-11(2,3)12-10-8-4-5-9(10)7-6-8/h8-10H,4-7H2,1-3H3. The van der Waals surface area contributed by atoms with Gasteiger partial charge in [-0.2, -0.15) is 0 Å². The van der Waals surface area contributed by atoms with Gasteiger partial charge in [-0.05, 0) is 58.3 Å². The molecular formula is C11H20O. The van der Waals surface area contributed by atoms with Crippen LogP contribution >= 0.6 is 0 Å². The van der Waals surface area contributed by atoms with E-state index in [9.17, 15) is 0 Å². The van der Waals surface area contributed by atoms with Crippen LogP contribution in [0.3, 0.4) is 0 Å². The average molecular weight is 168 g/mol. The molecule has 0 N–H and O–H groups in total. The van der Waals surface area contributed by atoms with Crippen LogP contribution in [0.4, 0.5) is 0 Å². The molecule has 0 aromatic rings. The Morgan fingerprint density at radius 3 is 1.67 bits per heavy atom. The highest BCUT2D eigenvalue weighted by atomic mass is 16.5. The molecule has 1 heteroatoms. The van der Waals surface area contributed by atoms with E-state index in [0.29, 0.717) is 6.10 Å². The van der Waals surface area contributed by atoms with Gasteiger partial charge in [0.1, 0.15) is 0 Å². The van der Waals surface area contributed by atoms with Crippen molar-refractivity contribution in [3.05, 3.63) is 0 Å². The molecule has 0 aliphatic heterocycles. The number of hydrogen-bond acceptors (Lipinski definition) is 1. The van der Waals surface area contributed by atoms with Crippen molar-refractivity contribution in [3.63, 3.8) is 0 Å². The fraction of sp³-hybridized carbons (Fsp3) is 1.00. The third-order valence-corrected chi connectivity index (χ3v) is 3.24. The molecule has 2 aliphatic carbocycles. The summed E-state index contributed by atoms with van der Waals surface area (Å²) in [5, 5.41) is 0. The van der Waals surface area contributed by atoms with Gasteiger partial charge in [0.2, 0.25) is 0 Å². The van der Waals surface area contributed by atoms with Gasteiger partial charge in [0, 0.05) is 0 Å². The Balaban J connectivity index is 1.97. The minimum atomic E-state index is 0.0653. The van der Waals surface area contributed by atoms with Gasteiger partial charge in [-0.1, -0.05) is 0 Å². The highest BCUT2D eigenvalue weighted by molar-refractivity contribution is 4.93. The second-order valence-electron chi connectivity index (χ2n) is 5.37. The van der Waals surface area contributed by atoms with Crippen LogP contribution in [0.25, 0.3) is 0 Å². The normalized spacial score (nSPS) is 40.8. The maximum absolute atomic E-state index is 6.09. The minimum Gasteiger partial charge on any atom is -0.372 e. The van der Waals surface area contributed by atoms with E-state index in [1.807, 2.05) is 0 Å². The van der Waals surface area contributed by atoms with Crippen molar-refractivity contribution in [2.75, 3.05) is 0 Å². The van der Waals surface area contributed by atoms with Gasteiger partial charge < -0.3 is 4.74 Å². The second-order valence-corrected chi connectivity index (χ2v) is 5.37. The van der Waals surface area contributed by atoms with E-state index in [1.54, 1.807) is 0 Å². The Kier molecular flexibility index (Phi) is 1.95. The van der Waals surface area contributed by atoms with Crippen molar-refractivity contribution >= 4 is 0 Å². The van der Waals surface area contributed by atoms with Crippen molar-refractivity contribution in [1.82, 2.24) is 0 Å². The van der Waals surface area contributed by atoms with Crippen LogP contribution in [-0.2, 0) is 4.74 Å². The summed E-state index contributed by atoms with van der Waals surface area (Å²) in [5.41, 5.74) is 0.0653. The largest absolute Gasteiger partial charge is 0.372 e. The smallest absolute Gasteiger partial charge is 0.0638 e. The number of rotatable bonds is 1. The number of hydrogen-bond donors (Lipinski definition) is 0. The molecule has 0 spiro atoms. The summed E-state index contributed by atoms with van der Waals surface area (Å²) in [7, 11) is 0. The third-order valence-electron chi connectivity index (χ3n) is 3.24. The molecule has 2 fully saturated rings. The summed E-state index contributed by atoms with van der Waals surface area (Å²) < 4.78 is 6.09. The van der Waals surface area contributed by atoms with E-state index in [1.165, 1.54) is 25.7 Å². The van der Waals surface area contributed by atoms with Gasteiger partial charge >= 0.3 is 0 Å². The Morgan fingerprint density at radius 2 is 1.33 bits per heavy atom. The first kappa shape index (κ1) is 8.55. The molecule has 0 saturated heterocycles. The number of fused-ring (bicyclic) bond motifs is 2. The highest BCUT2D eigenvalue weighted by Gasteiger charge is 2.43. The molecule has 0 amide bonds. The number of ether oxygens (including phenoxy) is 1. The van der Waals surface area contributed by atoms with Crippen LogP contribution in [-0.4, -0.2) is 11.7 Å². The van der Waals surface area contributed by atoms with Crippen molar-refractivity contribution in [1.29, 1.82) is 0 Å². The molecule has 2 saturated carbocycles. The molecular weight excluding hydrogens is 148 g/mol. The van der Waals surface area contributed by atoms with E-state index in [2.05, 4.69) is 20.8 Å². The van der Waals surface area contributed by atoms with Gasteiger partial charge in [-0.25, -0.2) is 0 Å². The van der Waals surface area contributed by atoms with Gasteiger partial charge in [0.25, 0.3) is 0 Å². The fourth-order valence-corrected chi connectivity index (χ4v) is 2.79. The maximum Gasteiger partial charge on any atom is 0.0638 e. The first-order chi connectivity index (χ1) is 5.56. The summed E-state index contributed by atoms with van der Waals surface area (Å²) in [6.07, 6.45) is 6.29. The SMILES string of the molecule is CC(C)(C)OC1C2CCC1CC2. The van der Waals surface area contributed by atoms with Gasteiger partial charge in [0.05, 0.1) is 11.7 Å². The topological polar surface area (TPSA) is 9.23 Å².